The molecule has 0 saturated carbocycles. The zero-order valence-electron chi connectivity index (χ0n) is 10.1. The quantitative estimate of drug-likeness (QED) is 0.801. The number of nitrogens with two attached hydrogens (primary N) is 1. The Morgan fingerprint density at radius 1 is 1.59 bits per heavy atom. The molecule has 0 aliphatic rings. The molecule has 1 amide bonds. The van der Waals surface area contributed by atoms with Crippen LogP contribution in [0.4, 0.5) is 5.82 Å². The predicted octanol–water partition coefficient (Wildman–Crippen LogP) is 1.47. The van der Waals surface area contributed by atoms with Crippen molar-refractivity contribution < 1.29 is 9.53 Å². The van der Waals surface area contributed by atoms with Crippen molar-refractivity contribution >= 4 is 23.3 Å². The second-order valence-corrected chi connectivity index (χ2v) is 4.64. The molecule has 0 spiro atoms. The number of carbonyl (C=O) groups is 1. The third-order valence-corrected chi connectivity index (χ3v) is 2.50. The van der Waals surface area contributed by atoms with Crippen molar-refractivity contribution in [2.45, 2.75) is 19.4 Å². The van der Waals surface area contributed by atoms with Gasteiger partial charge >= 0.3 is 0 Å². The number of nitrogens with one attached hydrogen (secondary N) is 1. The molecule has 6 heteroatoms. The lowest BCUT2D eigenvalue weighted by Crippen LogP contribution is -2.39. The van der Waals surface area contributed by atoms with Crippen molar-refractivity contribution in [2.75, 3.05) is 19.4 Å². The fourth-order valence-electron chi connectivity index (χ4n) is 1.12. The van der Waals surface area contributed by atoms with Gasteiger partial charge in [-0.3, -0.25) is 4.79 Å². The molecule has 1 aromatic rings. The Morgan fingerprint density at radius 2 is 2.24 bits per heavy atom. The van der Waals surface area contributed by atoms with Crippen molar-refractivity contribution in [2.24, 2.45) is 0 Å². The largest absolute Gasteiger partial charge is 0.384 e. The maximum Gasteiger partial charge on any atom is 0.251 e. The number of pyridine rings is 1. The molecule has 1 heterocycles. The molecular weight excluding hydrogens is 242 g/mol. The van der Waals surface area contributed by atoms with Crippen LogP contribution in [0.25, 0.3) is 0 Å². The number of methoxy groups -OCH3 is 1. The Kier molecular flexibility index (Phi) is 4.31. The Hall–Kier alpha value is -1.33. The summed E-state index contributed by atoms with van der Waals surface area (Å²) in [6, 6.07) is 2.94. The van der Waals surface area contributed by atoms with Crippen LogP contribution >= 0.6 is 11.6 Å². The summed E-state index contributed by atoms with van der Waals surface area (Å²) >= 11 is 5.72. The summed E-state index contributed by atoms with van der Waals surface area (Å²) < 4.78 is 5.19. The number of ether oxygens (including phenoxy) is 1. The normalized spacial score (nSPS) is 11.3. The first-order valence-electron chi connectivity index (χ1n) is 5.10. The summed E-state index contributed by atoms with van der Waals surface area (Å²) in [5.74, 6) is -0.0419. The second kappa shape index (κ2) is 5.33. The fourth-order valence-corrected chi connectivity index (χ4v) is 1.33. The predicted molar refractivity (Wildman–Crippen MR) is 67.1 cm³/mol. The second-order valence-electron chi connectivity index (χ2n) is 4.25. The number of nitrogen functional groups attached to an aromatic ring is 1. The van der Waals surface area contributed by atoms with Crippen molar-refractivity contribution in [1.82, 2.24) is 10.3 Å². The van der Waals surface area contributed by atoms with Crippen LogP contribution in [0.2, 0.25) is 5.15 Å². The number of hydrogen-bond acceptors (Lipinski definition) is 4. The van der Waals surface area contributed by atoms with Crippen LogP contribution in [0.5, 0.6) is 0 Å². The number of hydrogen-bond donors (Lipinski definition) is 2. The maximum absolute atomic E-state index is 11.8. The maximum atomic E-state index is 11.8. The van der Waals surface area contributed by atoms with E-state index in [1.807, 2.05) is 13.8 Å². The van der Waals surface area contributed by atoms with Crippen molar-refractivity contribution in [3.63, 3.8) is 0 Å². The SMILES string of the molecule is COC(C)(C)CNC(=O)c1cc(N)nc(Cl)c1. The van der Waals surface area contributed by atoms with Gasteiger partial charge in [0.15, 0.2) is 0 Å². The number of halogens is 1. The lowest BCUT2D eigenvalue weighted by Gasteiger charge is -2.23. The van der Waals surface area contributed by atoms with E-state index in [-0.39, 0.29) is 16.9 Å². The van der Waals surface area contributed by atoms with Gasteiger partial charge in [0.2, 0.25) is 0 Å². The summed E-state index contributed by atoms with van der Waals surface area (Å²) in [6.07, 6.45) is 0. The average Bonchev–Trinajstić information content (AvgIpc) is 2.24. The molecule has 0 fully saturated rings. The van der Waals surface area contributed by atoms with Gasteiger partial charge in [0, 0.05) is 19.2 Å². The average molecular weight is 258 g/mol. The fraction of sp³-hybridized carbons (Fsp3) is 0.455. The van der Waals surface area contributed by atoms with Gasteiger partial charge in [0.05, 0.1) is 5.60 Å². The van der Waals surface area contributed by atoms with Crippen molar-refractivity contribution in [3.05, 3.63) is 22.8 Å². The summed E-state index contributed by atoms with van der Waals surface area (Å²) in [5, 5.41) is 2.93. The standard InChI is InChI=1S/C11H16ClN3O2/c1-11(2,17-3)6-14-10(16)7-4-8(12)15-9(13)5-7/h4-5H,6H2,1-3H3,(H2,13,15)(H,14,16). The smallest absolute Gasteiger partial charge is 0.251 e. The van der Waals surface area contributed by atoms with E-state index in [0.29, 0.717) is 12.1 Å². The minimum absolute atomic E-state index is 0.196. The summed E-state index contributed by atoms with van der Waals surface area (Å²) in [5.41, 5.74) is 5.47. The number of anilines is 1. The Balaban J connectivity index is 2.70. The number of rotatable bonds is 4. The Bertz CT molecular complexity index is 401. The molecule has 0 radical (unpaired) electrons. The molecule has 0 saturated heterocycles. The summed E-state index contributed by atoms with van der Waals surface area (Å²) in [4.78, 5) is 15.6. The van der Waals surface area contributed by atoms with E-state index in [4.69, 9.17) is 22.1 Å². The first-order chi connectivity index (χ1) is 7.84. The molecule has 0 bridgehead atoms. The van der Waals surface area contributed by atoms with Gasteiger partial charge in [-0.2, -0.15) is 0 Å². The van der Waals surface area contributed by atoms with Gasteiger partial charge in [-0.1, -0.05) is 11.6 Å². The first kappa shape index (κ1) is 13.7. The van der Waals surface area contributed by atoms with Crippen LogP contribution in [0.1, 0.15) is 24.2 Å². The topological polar surface area (TPSA) is 77.2 Å². The highest BCUT2D eigenvalue weighted by Crippen LogP contribution is 2.12. The molecule has 1 rings (SSSR count). The van der Waals surface area contributed by atoms with Gasteiger partial charge in [-0.15, -0.1) is 0 Å². The van der Waals surface area contributed by atoms with E-state index in [0.717, 1.165) is 0 Å². The molecule has 5 nitrogen and oxygen atoms in total. The van der Waals surface area contributed by atoms with Gasteiger partial charge in [-0.05, 0) is 26.0 Å². The van der Waals surface area contributed by atoms with E-state index < -0.39 is 5.60 Å². The molecular formula is C11H16ClN3O2. The van der Waals surface area contributed by atoms with Crippen LogP contribution in [-0.4, -0.2) is 30.1 Å². The van der Waals surface area contributed by atoms with Gasteiger partial charge < -0.3 is 15.8 Å². The Labute approximate surface area is 105 Å². The molecule has 0 atom stereocenters. The summed E-state index contributed by atoms with van der Waals surface area (Å²) in [7, 11) is 1.59. The van der Waals surface area contributed by atoms with Crippen LogP contribution in [0, 0.1) is 0 Å². The van der Waals surface area contributed by atoms with Crippen LogP contribution < -0.4 is 11.1 Å². The molecule has 0 aliphatic carbocycles. The zero-order chi connectivity index (χ0) is 13.1. The number of aromatic nitrogens is 1. The first-order valence-corrected chi connectivity index (χ1v) is 5.48. The monoisotopic (exact) mass is 257 g/mol. The van der Waals surface area contributed by atoms with Crippen molar-refractivity contribution in [3.8, 4) is 0 Å². The minimum atomic E-state index is -0.419. The van der Waals surface area contributed by atoms with Crippen LogP contribution in [0.15, 0.2) is 12.1 Å². The highest BCUT2D eigenvalue weighted by molar-refractivity contribution is 6.29. The van der Waals surface area contributed by atoms with Crippen LogP contribution in [-0.2, 0) is 4.74 Å². The third-order valence-electron chi connectivity index (χ3n) is 2.30. The molecule has 94 valence electrons. The number of nitrogens with zero attached hydrogens (tertiary/aromatic N) is 1. The molecule has 1 aromatic heterocycles. The molecule has 0 unspecified atom stereocenters. The molecule has 17 heavy (non-hydrogen) atoms. The van der Waals surface area contributed by atoms with Crippen molar-refractivity contribution in [1.29, 1.82) is 0 Å². The summed E-state index contributed by atoms with van der Waals surface area (Å²) in [6.45, 7) is 4.14. The number of carbonyl (C=O) groups excluding carboxylic acids is 1. The lowest BCUT2D eigenvalue weighted by atomic mass is 10.1. The molecule has 0 aliphatic heterocycles. The third kappa shape index (κ3) is 4.20. The van der Waals surface area contributed by atoms with E-state index >= 15 is 0 Å². The minimum Gasteiger partial charge on any atom is -0.384 e. The Morgan fingerprint density at radius 3 is 2.76 bits per heavy atom. The number of amides is 1. The van der Waals surface area contributed by atoms with Gasteiger partial charge in [0.25, 0.3) is 5.91 Å². The molecule has 0 aromatic carbocycles. The lowest BCUT2D eigenvalue weighted by molar-refractivity contribution is 0.0229. The highest BCUT2D eigenvalue weighted by atomic mass is 35.5. The van der Waals surface area contributed by atoms with Gasteiger partial charge in [-0.25, -0.2) is 4.98 Å². The molecule has 3 N–H and O–H groups in total. The highest BCUT2D eigenvalue weighted by Gasteiger charge is 2.18. The van der Waals surface area contributed by atoms with E-state index in [1.54, 1.807) is 7.11 Å². The van der Waals surface area contributed by atoms with E-state index in [2.05, 4.69) is 10.3 Å². The zero-order valence-corrected chi connectivity index (χ0v) is 10.8. The van der Waals surface area contributed by atoms with Gasteiger partial charge in [0.1, 0.15) is 11.0 Å². The van der Waals surface area contributed by atoms with E-state index in [9.17, 15) is 4.79 Å². The van der Waals surface area contributed by atoms with Crippen LogP contribution in [0.3, 0.4) is 0 Å². The van der Waals surface area contributed by atoms with E-state index in [1.165, 1.54) is 12.1 Å².